The van der Waals surface area contributed by atoms with Crippen LogP contribution in [-0.2, 0) is 12.8 Å². The summed E-state index contributed by atoms with van der Waals surface area (Å²) in [5.74, 6) is 0. The van der Waals surface area contributed by atoms with Gasteiger partial charge in [-0.1, -0.05) is 101 Å². The van der Waals surface area contributed by atoms with Gasteiger partial charge in [0.25, 0.3) is 0 Å². The van der Waals surface area contributed by atoms with Crippen LogP contribution in [0.5, 0.6) is 0 Å². The van der Waals surface area contributed by atoms with E-state index < -0.39 is 0 Å². The molecule has 0 fully saturated rings. The van der Waals surface area contributed by atoms with Gasteiger partial charge in [0.05, 0.1) is 13.5 Å². The van der Waals surface area contributed by atoms with Crippen molar-refractivity contribution in [2.24, 2.45) is 0 Å². The van der Waals surface area contributed by atoms with Crippen LogP contribution in [0.2, 0.25) is 0 Å². The van der Waals surface area contributed by atoms with Gasteiger partial charge in [-0.3, -0.25) is 0 Å². The second kappa shape index (κ2) is 14.5. The number of halogens is 1. The van der Waals surface area contributed by atoms with Crippen molar-refractivity contribution in [2.75, 3.05) is 0 Å². The van der Waals surface area contributed by atoms with Crippen molar-refractivity contribution < 1.29 is 0 Å². The van der Waals surface area contributed by atoms with E-state index in [2.05, 4.69) is 48.8 Å². The lowest BCUT2D eigenvalue weighted by molar-refractivity contribution is 0.608. The van der Waals surface area contributed by atoms with Crippen molar-refractivity contribution in [1.29, 1.82) is 0 Å². The van der Waals surface area contributed by atoms with E-state index in [1.54, 1.807) is 22.7 Å². The first-order valence-corrected chi connectivity index (χ1v) is 17.8. The van der Waals surface area contributed by atoms with Crippen LogP contribution in [-0.4, -0.2) is 9.97 Å². The van der Waals surface area contributed by atoms with Gasteiger partial charge in [0, 0.05) is 4.88 Å². The predicted molar refractivity (Wildman–Crippen MR) is 169 cm³/mol. The molecule has 0 bridgehead atoms. The highest BCUT2D eigenvalue weighted by atomic mass is 79.9. The third-order valence-corrected chi connectivity index (χ3v) is 11.8. The molecule has 0 aliphatic carbocycles. The second-order valence-corrected chi connectivity index (χ2v) is 15.4. The SMILES string of the molecule is CCCCCCCCc1cc(C)sc1-c1nc2sc(-c3sc(Br)cc3CCCCCCCC)nc2s1. The summed E-state index contributed by atoms with van der Waals surface area (Å²) in [7, 11) is 0. The Morgan fingerprint density at radius 2 is 1.08 bits per heavy atom. The maximum absolute atomic E-state index is 5.09. The van der Waals surface area contributed by atoms with Crippen LogP contribution < -0.4 is 0 Å². The first kappa shape index (κ1) is 28.4. The molecule has 36 heavy (non-hydrogen) atoms. The number of thiophene rings is 2. The Balaban J connectivity index is 1.43. The van der Waals surface area contributed by atoms with Crippen molar-refractivity contribution in [1.82, 2.24) is 9.97 Å². The standard InChI is InChI=1S/C29H39BrN2S4/c1-4-6-8-10-12-14-16-21-18-20(3)33-24(21)26-31-28-29(35-26)32-27(36-28)25-22(19-23(30)34-25)17-15-13-11-9-7-5-2/h18-19H,4-17H2,1-3H3. The number of fused-ring (bicyclic) bond motifs is 1. The number of aryl methyl sites for hydroxylation is 3. The normalized spacial score (nSPS) is 11.8. The average molecular weight is 624 g/mol. The first-order chi connectivity index (χ1) is 17.6. The molecule has 4 aromatic rings. The molecule has 2 nitrogen and oxygen atoms in total. The summed E-state index contributed by atoms with van der Waals surface area (Å²) >= 11 is 11.0. The maximum Gasteiger partial charge on any atom is 0.155 e. The number of unbranched alkanes of at least 4 members (excludes halogenated alkanes) is 10. The van der Waals surface area contributed by atoms with Gasteiger partial charge in [-0.2, -0.15) is 0 Å². The van der Waals surface area contributed by atoms with E-state index in [1.165, 1.54) is 113 Å². The lowest BCUT2D eigenvalue weighted by Crippen LogP contribution is -1.87. The quantitative estimate of drug-likeness (QED) is 0.116. The van der Waals surface area contributed by atoms with Crippen LogP contribution in [0.3, 0.4) is 0 Å². The number of hydrogen-bond donors (Lipinski definition) is 0. The topological polar surface area (TPSA) is 25.8 Å². The van der Waals surface area contributed by atoms with Crippen LogP contribution in [0, 0.1) is 6.92 Å². The van der Waals surface area contributed by atoms with Gasteiger partial charge in [0.2, 0.25) is 0 Å². The van der Waals surface area contributed by atoms with E-state index in [4.69, 9.17) is 9.97 Å². The Kier molecular flexibility index (Phi) is 11.5. The van der Waals surface area contributed by atoms with E-state index in [9.17, 15) is 0 Å². The molecule has 0 radical (unpaired) electrons. The summed E-state index contributed by atoms with van der Waals surface area (Å²) in [5, 5.41) is 2.30. The lowest BCUT2D eigenvalue weighted by atomic mass is 10.1. The Labute approximate surface area is 241 Å². The van der Waals surface area contributed by atoms with Gasteiger partial charge in [-0.05, 0) is 71.8 Å². The molecule has 4 rings (SSSR count). The molecular weight excluding hydrogens is 585 g/mol. The molecule has 196 valence electrons. The molecule has 0 unspecified atom stereocenters. The minimum absolute atomic E-state index is 1.09. The third-order valence-electron chi connectivity index (χ3n) is 6.67. The molecule has 4 aromatic heterocycles. The molecule has 0 aromatic carbocycles. The van der Waals surface area contributed by atoms with Gasteiger partial charge in [-0.25, -0.2) is 9.97 Å². The van der Waals surface area contributed by atoms with Crippen LogP contribution in [0.25, 0.3) is 29.4 Å². The maximum atomic E-state index is 5.09. The van der Waals surface area contributed by atoms with Crippen molar-refractivity contribution in [3.63, 3.8) is 0 Å². The van der Waals surface area contributed by atoms with E-state index in [1.807, 2.05) is 22.7 Å². The second-order valence-electron chi connectivity index (χ2n) is 9.80. The van der Waals surface area contributed by atoms with E-state index in [0.29, 0.717) is 0 Å². The monoisotopic (exact) mass is 622 g/mol. The van der Waals surface area contributed by atoms with Crippen LogP contribution in [0.15, 0.2) is 15.9 Å². The third kappa shape index (κ3) is 7.72. The van der Waals surface area contributed by atoms with Crippen molar-refractivity contribution in [3.05, 3.63) is 31.9 Å². The van der Waals surface area contributed by atoms with Crippen molar-refractivity contribution in [2.45, 2.75) is 111 Å². The number of rotatable bonds is 16. The minimum Gasteiger partial charge on any atom is -0.222 e. The summed E-state index contributed by atoms with van der Waals surface area (Å²) < 4.78 is 1.21. The van der Waals surface area contributed by atoms with Gasteiger partial charge >= 0.3 is 0 Å². The highest BCUT2D eigenvalue weighted by molar-refractivity contribution is 9.11. The van der Waals surface area contributed by atoms with Crippen molar-refractivity contribution in [3.8, 4) is 19.8 Å². The van der Waals surface area contributed by atoms with Gasteiger partial charge in [0.1, 0.15) is 10.0 Å². The lowest BCUT2D eigenvalue weighted by Gasteiger charge is -2.03. The average Bonchev–Trinajstić information content (AvgIpc) is 3.60. The molecular formula is C29H39BrN2S4. The highest BCUT2D eigenvalue weighted by Gasteiger charge is 2.19. The van der Waals surface area contributed by atoms with E-state index >= 15 is 0 Å². The van der Waals surface area contributed by atoms with Crippen LogP contribution in [0.4, 0.5) is 0 Å². The highest BCUT2D eigenvalue weighted by Crippen LogP contribution is 2.44. The fraction of sp³-hybridized carbons (Fsp3) is 0.586. The van der Waals surface area contributed by atoms with E-state index in [0.717, 1.165) is 26.1 Å². The van der Waals surface area contributed by atoms with Crippen molar-refractivity contribution >= 4 is 70.9 Å². The molecule has 7 heteroatoms. The summed E-state index contributed by atoms with van der Waals surface area (Å²) in [6.07, 6.45) is 18.4. The predicted octanol–water partition coefficient (Wildman–Crippen LogP) is 12.1. The fourth-order valence-corrected chi connectivity index (χ4v) is 9.75. The fourth-order valence-electron chi connectivity index (χ4n) is 4.72. The molecule has 0 amide bonds. The molecule has 4 heterocycles. The van der Waals surface area contributed by atoms with Gasteiger partial charge in [0.15, 0.2) is 9.66 Å². The zero-order chi connectivity index (χ0) is 25.3. The largest absolute Gasteiger partial charge is 0.222 e. The molecule has 0 aliphatic heterocycles. The number of nitrogens with zero attached hydrogens (tertiary/aromatic N) is 2. The first-order valence-electron chi connectivity index (χ1n) is 13.7. The molecule has 0 N–H and O–H groups in total. The Morgan fingerprint density at radius 3 is 1.64 bits per heavy atom. The molecule has 0 saturated heterocycles. The zero-order valence-electron chi connectivity index (χ0n) is 22.0. The minimum atomic E-state index is 1.09. The van der Waals surface area contributed by atoms with Crippen LogP contribution in [0.1, 0.15) is 107 Å². The van der Waals surface area contributed by atoms with Gasteiger partial charge in [-0.15, -0.1) is 22.7 Å². The number of thiazole rings is 2. The molecule has 0 saturated carbocycles. The summed E-state index contributed by atoms with van der Waals surface area (Å²) in [6.45, 7) is 6.79. The Bertz CT molecular complexity index is 1090. The van der Waals surface area contributed by atoms with Gasteiger partial charge < -0.3 is 0 Å². The van der Waals surface area contributed by atoms with E-state index in [-0.39, 0.29) is 0 Å². The molecule has 0 atom stereocenters. The summed E-state index contributed by atoms with van der Waals surface area (Å²) in [6, 6.07) is 4.70. The smallest absolute Gasteiger partial charge is 0.155 e. The summed E-state index contributed by atoms with van der Waals surface area (Å²) in [5.41, 5.74) is 2.93. The zero-order valence-corrected chi connectivity index (χ0v) is 26.8. The number of aromatic nitrogens is 2. The Morgan fingerprint density at radius 1 is 0.611 bits per heavy atom. The van der Waals surface area contributed by atoms with Crippen LogP contribution >= 0.6 is 61.3 Å². The number of hydrogen-bond acceptors (Lipinski definition) is 6. The Hall–Kier alpha value is -0.600. The summed E-state index contributed by atoms with van der Waals surface area (Å²) in [4.78, 5) is 16.5. The molecule has 0 spiro atoms. The molecule has 0 aliphatic rings.